The van der Waals surface area contributed by atoms with E-state index in [2.05, 4.69) is 50.4 Å². The Labute approximate surface area is 144 Å². The lowest BCUT2D eigenvalue weighted by molar-refractivity contribution is 0.952. The number of benzodiazepines with no additional fused rings is 1. The van der Waals surface area contributed by atoms with Crippen molar-refractivity contribution in [3.8, 4) is 12.3 Å². The molecule has 0 fully saturated rings. The average molecular weight is 366 g/mol. The number of aliphatic imine (C=N–C) groups is 2. The van der Waals surface area contributed by atoms with Gasteiger partial charge in [0.2, 0.25) is 0 Å². The Morgan fingerprint density at radius 1 is 1.26 bits per heavy atom. The van der Waals surface area contributed by atoms with E-state index in [1.54, 1.807) is 0 Å². The molecule has 1 unspecified atom stereocenters. The first-order valence-electron chi connectivity index (χ1n) is 7.37. The molecule has 114 valence electrons. The van der Waals surface area contributed by atoms with E-state index < -0.39 is 0 Å². The molecule has 1 aliphatic rings. The van der Waals surface area contributed by atoms with Crippen molar-refractivity contribution in [2.45, 2.75) is 13.0 Å². The van der Waals surface area contributed by atoms with Crippen LogP contribution in [0.5, 0.6) is 0 Å². The first-order valence-corrected chi connectivity index (χ1v) is 8.16. The van der Waals surface area contributed by atoms with Crippen LogP contribution in [0.4, 0.5) is 5.69 Å². The zero-order chi connectivity index (χ0) is 16.2. The highest BCUT2D eigenvalue weighted by Crippen LogP contribution is 2.26. The largest absolute Gasteiger partial charge is 0.342 e. The van der Waals surface area contributed by atoms with E-state index in [4.69, 9.17) is 11.4 Å². The minimum absolute atomic E-state index is 0.176. The first-order chi connectivity index (χ1) is 11.2. The number of nitrogens with zero attached hydrogens (tertiary/aromatic N) is 2. The van der Waals surface area contributed by atoms with Gasteiger partial charge in [0, 0.05) is 21.3 Å². The van der Waals surface area contributed by atoms with E-state index in [1.807, 2.05) is 37.3 Å². The summed E-state index contributed by atoms with van der Waals surface area (Å²) in [7, 11) is 0. The van der Waals surface area contributed by atoms with E-state index >= 15 is 0 Å². The minimum atomic E-state index is -0.176. The van der Waals surface area contributed by atoms with Crippen molar-refractivity contribution >= 4 is 33.2 Å². The third-order valence-electron chi connectivity index (χ3n) is 3.54. The topological polar surface area (TPSA) is 36.8 Å². The van der Waals surface area contributed by atoms with E-state index in [0.29, 0.717) is 6.54 Å². The summed E-state index contributed by atoms with van der Waals surface area (Å²) < 4.78 is 1.01. The van der Waals surface area contributed by atoms with Crippen molar-refractivity contribution in [1.82, 2.24) is 0 Å². The molecule has 2 aromatic rings. The molecule has 2 aromatic carbocycles. The second kappa shape index (κ2) is 6.80. The molecule has 1 aliphatic heterocycles. The number of nitrogens with one attached hydrogen (secondary N) is 1. The number of benzene rings is 2. The van der Waals surface area contributed by atoms with Gasteiger partial charge in [-0.1, -0.05) is 52.2 Å². The molecule has 0 saturated heterocycles. The fourth-order valence-electron chi connectivity index (χ4n) is 2.44. The lowest BCUT2D eigenvalue weighted by Gasteiger charge is -2.11. The molecule has 1 heterocycles. The highest BCUT2D eigenvalue weighted by molar-refractivity contribution is 9.10. The number of hydrogen-bond acceptors (Lipinski definition) is 2. The molecular weight excluding hydrogens is 350 g/mol. The summed E-state index contributed by atoms with van der Waals surface area (Å²) in [6, 6.07) is 16.1. The number of amidine groups is 1. The number of fused-ring (bicyclic) bond motifs is 1. The lowest BCUT2D eigenvalue weighted by Crippen LogP contribution is -2.17. The molecule has 0 amide bonds. The van der Waals surface area contributed by atoms with Gasteiger partial charge in [0.1, 0.15) is 11.9 Å². The van der Waals surface area contributed by atoms with Gasteiger partial charge >= 0.3 is 0 Å². The molecule has 0 aliphatic carbocycles. The molecule has 3 nitrogen and oxygen atoms in total. The molecule has 4 heteroatoms. The van der Waals surface area contributed by atoms with Crippen molar-refractivity contribution in [2.75, 3.05) is 11.9 Å². The van der Waals surface area contributed by atoms with Gasteiger partial charge in [0.05, 0.1) is 12.3 Å². The summed E-state index contributed by atoms with van der Waals surface area (Å²) in [4.78, 5) is 9.29. The average Bonchev–Trinajstić information content (AvgIpc) is 2.74. The molecule has 0 aromatic heterocycles. The maximum absolute atomic E-state index is 5.43. The SMILES string of the molecule is C#CC(C)N=C1CN=C(c2ccccc2)c2cc(Br)ccc2N1. The minimum Gasteiger partial charge on any atom is -0.342 e. The Morgan fingerprint density at radius 2 is 2.04 bits per heavy atom. The molecule has 0 spiro atoms. The number of terminal acetylenes is 1. The molecular formula is C19H16BrN3. The summed E-state index contributed by atoms with van der Waals surface area (Å²) in [6.45, 7) is 2.37. The monoisotopic (exact) mass is 365 g/mol. The Bertz CT molecular complexity index is 816. The smallest absolute Gasteiger partial charge is 0.124 e. The Hall–Kier alpha value is -2.38. The van der Waals surface area contributed by atoms with Crippen LogP contribution in [0.3, 0.4) is 0 Å². The summed E-state index contributed by atoms with van der Waals surface area (Å²) in [5.74, 6) is 3.41. The fourth-order valence-corrected chi connectivity index (χ4v) is 2.80. The van der Waals surface area contributed by atoms with Gasteiger partial charge in [0.15, 0.2) is 0 Å². The van der Waals surface area contributed by atoms with Crippen molar-refractivity contribution in [1.29, 1.82) is 0 Å². The lowest BCUT2D eigenvalue weighted by atomic mass is 10.0. The number of rotatable bonds is 2. The van der Waals surface area contributed by atoms with Crippen molar-refractivity contribution < 1.29 is 0 Å². The van der Waals surface area contributed by atoms with E-state index in [0.717, 1.165) is 32.8 Å². The van der Waals surface area contributed by atoms with Crippen molar-refractivity contribution in [2.24, 2.45) is 9.98 Å². The Morgan fingerprint density at radius 3 is 2.78 bits per heavy atom. The second-order valence-electron chi connectivity index (χ2n) is 5.26. The van der Waals surface area contributed by atoms with Gasteiger partial charge < -0.3 is 5.32 Å². The molecule has 1 N–H and O–H groups in total. The fraction of sp³-hybridized carbons (Fsp3) is 0.158. The van der Waals surface area contributed by atoms with Crippen LogP contribution in [0.1, 0.15) is 18.1 Å². The predicted octanol–water partition coefficient (Wildman–Crippen LogP) is 4.13. The van der Waals surface area contributed by atoms with Crippen LogP contribution in [0.2, 0.25) is 0 Å². The Balaban J connectivity index is 2.12. The summed E-state index contributed by atoms with van der Waals surface area (Å²) in [6.07, 6.45) is 5.43. The quantitative estimate of drug-likeness (QED) is 0.798. The summed E-state index contributed by atoms with van der Waals surface area (Å²) in [5.41, 5.74) is 4.06. The van der Waals surface area contributed by atoms with Crippen LogP contribution in [-0.2, 0) is 0 Å². The maximum atomic E-state index is 5.43. The third-order valence-corrected chi connectivity index (χ3v) is 4.03. The maximum Gasteiger partial charge on any atom is 0.124 e. The molecule has 3 rings (SSSR count). The molecule has 1 atom stereocenters. The first kappa shape index (κ1) is 15.5. The van der Waals surface area contributed by atoms with Gasteiger partial charge in [-0.15, -0.1) is 6.42 Å². The van der Waals surface area contributed by atoms with E-state index in [9.17, 15) is 0 Å². The standard InChI is InChI=1S/C19H16BrN3/c1-3-13(2)22-18-12-21-19(14-7-5-4-6-8-14)16-11-15(20)9-10-17(16)23-18/h1,4-11,13H,12H2,2H3,(H,22,23). The van der Waals surface area contributed by atoms with Crippen molar-refractivity contribution in [3.05, 3.63) is 64.1 Å². The highest BCUT2D eigenvalue weighted by Gasteiger charge is 2.17. The zero-order valence-corrected chi connectivity index (χ0v) is 14.3. The summed E-state index contributed by atoms with van der Waals surface area (Å²) in [5, 5.41) is 3.37. The van der Waals surface area contributed by atoms with Crippen LogP contribution in [0, 0.1) is 12.3 Å². The second-order valence-corrected chi connectivity index (χ2v) is 6.18. The number of halogens is 1. The summed E-state index contributed by atoms with van der Waals surface area (Å²) >= 11 is 3.54. The predicted molar refractivity (Wildman–Crippen MR) is 100 cm³/mol. The molecule has 0 bridgehead atoms. The van der Waals surface area contributed by atoms with Crippen LogP contribution in [-0.4, -0.2) is 24.1 Å². The van der Waals surface area contributed by atoms with Gasteiger partial charge in [-0.25, -0.2) is 0 Å². The highest BCUT2D eigenvalue weighted by atomic mass is 79.9. The third kappa shape index (κ3) is 3.52. The van der Waals surface area contributed by atoms with Crippen LogP contribution >= 0.6 is 15.9 Å². The van der Waals surface area contributed by atoms with Crippen LogP contribution in [0.25, 0.3) is 0 Å². The molecule has 0 radical (unpaired) electrons. The number of hydrogen-bond donors (Lipinski definition) is 1. The van der Waals surface area contributed by atoms with Crippen molar-refractivity contribution in [3.63, 3.8) is 0 Å². The van der Waals surface area contributed by atoms with Gasteiger partial charge in [-0.05, 0) is 25.1 Å². The molecule has 0 saturated carbocycles. The van der Waals surface area contributed by atoms with Gasteiger partial charge in [-0.2, -0.15) is 0 Å². The van der Waals surface area contributed by atoms with Gasteiger partial charge in [-0.3, -0.25) is 9.98 Å². The Kier molecular flexibility index (Phi) is 4.59. The normalized spacial score (nSPS) is 16.6. The zero-order valence-electron chi connectivity index (χ0n) is 12.8. The van der Waals surface area contributed by atoms with Crippen LogP contribution < -0.4 is 5.32 Å². The number of anilines is 1. The molecule has 23 heavy (non-hydrogen) atoms. The van der Waals surface area contributed by atoms with E-state index in [-0.39, 0.29) is 6.04 Å². The van der Waals surface area contributed by atoms with Crippen LogP contribution in [0.15, 0.2) is 63.0 Å². The van der Waals surface area contributed by atoms with Gasteiger partial charge in [0.25, 0.3) is 0 Å². The van der Waals surface area contributed by atoms with E-state index in [1.165, 1.54) is 0 Å².